The van der Waals surface area contributed by atoms with Gasteiger partial charge in [-0.3, -0.25) is 34.0 Å². The van der Waals surface area contributed by atoms with Crippen molar-refractivity contribution < 1.29 is 61.9 Å². The number of hydrogen-bond donors (Lipinski definition) is 3. The first-order valence-corrected chi connectivity index (χ1v) is 25.6. The van der Waals surface area contributed by atoms with Crippen LogP contribution < -0.4 is 34.9 Å². The van der Waals surface area contributed by atoms with Gasteiger partial charge in [-0.2, -0.15) is 0 Å². The van der Waals surface area contributed by atoms with Crippen LogP contribution in [0.1, 0.15) is 63.1 Å². The number of rotatable bonds is 29. The van der Waals surface area contributed by atoms with E-state index in [1.54, 1.807) is 46.5 Å². The molecule has 3 N–H and O–H groups in total. The molecule has 2 saturated heterocycles. The molecule has 3 aromatic carbocycles. The quantitative estimate of drug-likeness (QED) is 0.0477. The monoisotopic (exact) mass is 1090 g/mol. The summed E-state index contributed by atoms with van der Waals surface area (Å²) in [5.74, 6) is 0.718. The van der Waals surface area contributed by atoms with Crippen molar-refractivity contribution in [3.8, 4) is 23.0 Å². The number of ether oxygens (including phenoxy) is 8. The minimum Gasteiger partial charge on any atom is -0.493 e. The second-order valence-corrected chi connectivity index (χ2v) is 18.4. The van der Waals surface area contributed by atoms with Crippen molar-refractivity contribution in [2.24, 2.45) is 9.98 Å². The molecule has 0 spiro atoms. The third-order valence-corrected chi connectivity index (χ3v) is 12.8. The summed E-state index contributed by atoms with van der Waals surface area (Å²) in [7, 11) is 3.03. The number of carbonyl (C=O) groups excluding carboxylic acids is 5. The normalized spacial score (nSPS) is 16.5. The zero-order valence-electron chi connectivity index (χ0n) is 41.9. The van der Waals surface area contributed by atoms with Crippen LogP contribution in [-0.2, 0) is 53.1 Å². The van der Waals surface area contributed by atoms with Gasteiger partial charge in [0.15, 0.2) is 23.0 Å². The van der Waals surface area contributed by atoms with Crippen LogP contribution in [-0.4, -0.2) is 162 Å². The van der Waals surface area contributed by atoms with Crippen molar-refractivity contribution >= 4 is 69.3 Å². The molecule has 4 heterocycles. The Morgan fingerprint density at radius 3 is 1.54 bits per heavy atom. The average molecular weight is 1090 g/mol. The highest BCUT2D eigenvalue weighted by atomic mass is 79.9. The van der Waals surface area contributed by atoms with Crippen molar-refractivity contribution in [1.82, 2.24) is 25.8 Å². The van der Waals surface area contributed by atoms with Gasteiger partial charge in [0.2, 0.25) is 17.7 Å². The molecular formula is C53H64BrN7O13. The van der Waals surface area contributed by atoms with E-state index in [0.29, 0.717) is 124 Å². The van der Waals surface area contributed by atoms with Gasteiger partial charge in [0.25, 0.3) is 11.8 Å². The highest BCUT2D eigenvalue weighted by Gasteiger charge is 2.36. The number of halogens is 1. The molecule has 0 aliphatic carbocycles. The van der Waals surface area contributed by atoms with E-state index in [4.69, 9.17) is 37.9 Å². The molecule has 2 fully saturated rings. The zero-order chi connectivity index (χ0) is 52.4. The topological polar surface area (TPSA) is 226 Å². The molecule has 2 atom stereocenters. The van der Waals surface area contributed by atoms with Gasteiger partial charge in [0.05, 0.1) is 107 Å². The number of amides is 5. The van der Waals surface area contributed by atoms with Gasteiger partial charge in [-0.1, -0.05) is 52.4 Å². The Hall–Kier alpha value is -6.65. The van der Waals surface area contributed by atoms with Crippen LogP contribution in [0.4, 0.5) is 11.4 Å². The van der Waals surface area contributed by atoms with Crippen molar-refractivity contribution in [1.29, 1.82) is 0 Å². The molecule has 0 unspecified atom stereocenters. The molecule has 20 nitrogen and oxygen atoms in total. The predicted molar refractivity (Wildman–Crippen MR) is 279 cm³/mol. The Bertz CT molecular complexity index is 2480. The van der Waals surface area contributed by atoms with E-state index in [1.807, 2.05) is 18.2 Å². The lowest BCUT2D eigenvalue weighted by Gasteiger charge is -2.20. The van der Waals surface area contributed by atoms with Crippen LogP contribution in [0.25, 0.3) is 0 Å². The smallest absolute Gasteiger partial charge is 0.257 e. The highest BCUT2D eigenvalue weighted by molar-refractivity contribution is 9.09. The number of alkyl halides is 1. The summed E-state index contributed by atoms with van der Waals surface area (Å²) in [6.45, 7) is 12.8. The summed E-state index contributed by atoms with van der Waals surface area (Å²) in [6.07, 6.45) is 5.21. The first kappa shape index (κ1) is 55.1. The SMILES string of the molecule is C=C1C[C@H]2C=Nc3cc(OCc4cc(CNC(=O)CCOCCOCCOCCOCCNC(=O)CCNC(=O)CBr)cc(COc5cc6c(cc5OC)C(=O)N5CC(=C)C[C@H]5C=N6)c4)c(OC)cc3C(=O)N2C1. The fourth-order valence-electron chi connectivity index (χ4n) is 8.57. The number of aliphatic imine (C=N–C) groups is 2. The van der Waals surface area contributed by atoms with Crippen LogP contribution in [0, 0.1) is 0 Å². The maximum atomic E-state index is 13.6. The van der Waals surface area contributed by atoms with Crippen LogP contribution in [0.3, 0.4) is 0 Å². The van der Waals surface area contributed by atoms with Gasteiger partial charge in [0.1, 0.15) is 13.2 Å². The minimum absolute atomic E-state index is 0.0986. The molecule has 21 heteroatoms. The van der Waals surface area contributed by atoms with E-state index in [1.165, 1.54) is 14.2 Å². The molecule has 0 aromatic heterocycles. The van der Waals surface area contributed by atoms with Gasteiger partial charge >= 0.3 is 0 Å². The number of nitrogens with one attached hydrogen (secondary N) is 3. The van der Waals surface area contributed by atoms with Crippen molar-refractivity contribution in [3.63, 3.8) is 0 Å². The van der Waals surface area contributed by atoms with E-state index in [0.717, 1.165) is 27.8 Å². The lowest BCUT2D eigenvalue weighted by atomic mass is 10.1. The average Bonchev–Trinajstić information content (AvgIpc) is 3.91. The summed E-state index contributed by atoms with van der Waals surface area (Å²) in [5, 5.41) is 8.52. The Balaban J connectivity index is 0.891. The lowest BCUT2D eigenvalue weighted by molar-refractivity contribution is -0.123. The zero-order valence-corrected chi connectivity index (χ0v) is 43.5. The fourth-order valence-corrected chi connectivity index (χ4v) is 8.77. The van der Waals surface area contributed by atoms with E-state index in [2.05, 4.69) is 55.0 Å². The molecule has 396 valence electrons. The first-order valence-electron chi connectivity index (χ1n) is 24.4. The van der Waals surface area contributed by atoms with E-state index < -0.39 is 0 Å². The molecule has 0 radical (unpaired) electrons. The predicted octanol–water partition coefficient (Wildman–Crippen LogP) is 4.93. The summed E-state index contributed by atoms with van der Waals surface area (Å²) >= 11 is 3.05. The molecule has 0 saturated carbocycles. The minimum atomic E-state index is -0.205. The van der Waals surface area contributed by atoms with Crippen LogP contribution >= 0.6 is 15.9 Å². The first-order chi connectivity index (χ1) is 35.9. The second kappa shape index (κ2) is 27.6. The van der Waals surface area contributed by atoms with E-state index in [-0.39, 0.29) is 92.7 Å². The molecule has 3 aromatic rings. The third kappa shape index (κ3) is 15.4. The molecule has 0 bridgehead atoms. The Morgan fingerprint density at radius 1 is 0.581 bits per heavy atom. The molecule has 4 aliphatic rings. The number of hydrogen-bond acceptors (Lipinski definition) is 15. The van der Waals surface area contributed by atoms with Crippen molar-refractivity contribution in [2.75, 3.05) is 98.6 Å². The van der Waals surface area contributed by atoms with Gasteiger partial charge in [-0.25, -0.2) is 0 Å². The maximum Gasteiger partial charge on any atom is 0.257 e. The maximum absolute atomic E-state index is 13.6. The largest absolute Gasteiger partial charge is 0.493 e. The van der Waals surface area contributed by atoms with Gasteiger partial charge in [-0.05, 0) is 47.7 Å². The number of carbonyl (C=O) groups is 5. The summed E-state index contributed by atoms with van der Waals surface area (Å²) in [6, 6.07) is 12.2. The number of nitrogens with zero attached hydrogens (tertiary/aromatic N) is 4. The molecular weight excluding hydrogens is 1020 g/mol. The Morgan fingerprint density at radius 2 is 1.04 bits per heavy atom. The van der Waals surface area contributed by atoms with E-state index >= 15 is 0 Å². The third-order valence-electron chi connectivity index (χ3n) is 12.2. The second-order valence-electron chi connectivity index (χ2n) is 17.8. The number of benzene rings is 3. The van der Waals surface area contributed by atoms with Crippen LogP contribution in [0.2, 0.25) is 0 Å². The molecule has 5 amide bonds. The van der Waals surface area contributed by atoms with Crippen LogP contribution in [0.5, 0.6) is 23.0 Å². The van der Waals surface area contributed by atoms with Crippen LogP contribution in [0.15, 0.2) is 76.8 Å². The molecule has 4 aliphatic heterocycles. The van der Waals surface area contributed by atoms with Crippen molar-refractivity contribution in [3.05, 3.63) is 94.6 Å². The Kier molecular flexibility index (Phi) is 20.5. The van der Waals surface area contributed by atoms with Gasteiger partial charge in [-0.15, -0.1) is 0 Å². The van der Waals surface area contributed by atoms with Gasteiger partial charge < -0.3 is 63.6 Å². The van der Waals surface area contributed by atoms with Crippen molar-refractivity contribution in [2.45, 2.75) is 57.5 Å². The standard InChI is InChI=1S/C53H64BrN7O13/c1-34-17-39-28-57-43-24-47(45(67-3)22-41(43)52(65)60(39)30-34)73-32-37-19-36(20-38(21-37)33-74-48-25-44-42(23-46(48)68-4)53(66)61-31-35(2)18-40(61)29-58-44)27-59-50(63)6-9-69-11-13-71-15-16-72-14-12-70-10-8-56-49(62)5-7-55-51(64)26-54/h19-25,28-29,39-40H,1-2,5-18,26-27,30-33H2,3-4H3,(H,55,64)(H,56,62)(H,59,63)/t39-,40-/m0/s1. The van der Waals surface area contributed by atoms with E-state index in [9.17, 15) is 24.0 Å². The Labute approximate surface area is 438 Å². The summed E-state index contributed by atoms with van der Waals surface area (Å²) in [4.78, 5) is 76.0. The molecule has 7 rings (SSSR count). The number of methoxy groups -OCH3 is 2. The lowest BCUT2D eigenvalue weighted by Crippen LogP contribution is -2.35. The summed E-state index contributed by atoms with van der Waals surface area (Å²) in [5.41, 5.74) is 6.06. The molecule has 74 heavy (non-hydrogen) atoms. The fraction of sp³-hybridized carbons (Fsp3) is 0.453. The number of fused-ring (bicyclic) bond motifs is 4. The summed E-state index contributed by atoms with van der Waals surface area (Å²) < 4.78 is 46.4. The van der Waals surface area contributed by atoms with Gasteiger partial charge in [0, 0.05) is 70.1 Å². The highest BCUT2D eigenvalue weighted by Crippen LogP contribution is 2.40.